The number of nitrogens with one attached hydrogen (secondary N) is 2. The molecular formula is C22H23BrN4O3. The lowest BCUT2D eigenvalue weighted by Crippen LogP contribution is -2.27. The molecule has 0 fully saturated rings. The van der Waals surface area contributed by atoms with Gasteiger partial charge in [-0.2, -0.15) is 0 Å². The second-order valence-corrected chi connectivity index (χ2v) is 8.19. The molecule has 1 heterocycles. The Morgan fingerprint density at radius 1 is 1.13 bits per heavy atom. The number of fused-ring (bicyclic) bond motifs is 1. The van der Waals surface area contributed by atoms with Gasteiger partial charge in [-0.3, -0.25) is 19.0 Å². The van der Waals surface area contributed by atoms with Crippen LogP contribution in [0.1, 0.15) is 25.8 Å². The first kappa shape index (κ1) is 21.7. The highest BCUT2D eigenvalue weighted by Gasteiger charge is 2.09. The number of carbonyl (C=O) groups is 2. The van der Waals surface area contributed by atoms with E-state index in [0.29, 0.717) is 17.4 Å². The maximum absolute atomic E-state index is 12.6. The average Bonchev–Trinajstić information content (AvgIpc) is 2.73. The van der Waals surface area contributed by atoms with E-state index in [-0.39, 0.29) is 36.3 Å². The molecule has 0 atom stereocenters. The monoisotopic (exact) mass is 470 g/mol. The Labute approximate surface area is 182 Å². The number of anilines is 1. The minimum atomic E-state index is -0.173. The van der Waals surface area contributed by atoms with Crippen molar-refractivity contribution in [2.45, 2.75) is 33.4 Å². The van der Waals surface area contributed by atoms with Crippen LogP contribution in [0.5, 0.6) is 0 Å². The third kappa shape index (κ3) is 5.54. The Hall–Kier alpha value is -3.00. The van der Waals surface area contributed by atoms with Gasteiger partial charge in [0.2, 0.25) is 11.8 Å². The summed E-state index contributed by atoms with van der Waals surface area (Å²) >= 11 is 3.36. The van der Waals surface area contributed by atoms with Crippen LogP contribution in [-0.2, 0) is 22.7 Å². The molecule has 1 aromatic heterocycles. The molecular weight excluding hydrogens is 448 g/mol. The lowest BCUT2D eigenvalue weighted by molar-refractivity contribution is -0.121. The number of hydrogen-bond acceptors (Lipinski definition) is 4. The Kier molecular flexibility index (Phi) is 6.99. The predicted molar refractivity (Wildman–Crippen MR) is 120 cm³/mol. The van der Waals surface area contributed by atoms with Gasteiger partial charge in [-0.15, -0.1) is 0 Å². The predicted octanol–water partition coefficient (Wildman–Crippen LogP) is 3.46. The number of hydrogen-bond donors (Lipinski definition) is 2. The smallest absolute Gasteiger partial charge is 0.261 e. The highest BCUT2D eigenvalue weighted by atomic mass is 79.9. The first-order valence-corrected chi connectivity index (χ1v) is 10.4. The van der Waals surface area contributed by atoms with Crippen LogP contribution in [0.15, 0.2) is 58.1 Å². The highest BCUT2D eigenvalue weighted by molar-refractivity contribution is 9.10. The summed E-state index contributed by atoms with van der Waals surface area (Å²) in [5.74, 6) is -0.286. The van der Waals surface area contributed by atoms with Crippen LogP contribution in [0.3, 0.4) is 0 Å². The number of halogens is 1. The lowest BCUT2D eigenvalue weighted by Gasteiger charge is -2.10. The summed E-state index contributed by atoms with van der Waals surface area (Å²) in [5.41, 5.74) is 2.09. The van der Waals surface area contributed by atoms with E-state index in [4.69, 9.17) is 0 Å². The van der Waals surface area contributed by atoms with E-state index < -0.39 is 0 Å². The summed E-state index contributed by atoms with van der Waals surface area (Å²) in [4.78, 5) is 40.7. The Morgan fingerprint density at radius 2 is 1.87 bits per heavy atom. The van der Waals surface area contributed by atoms with E-state index >= 15 is 0 Å². The summed E-state index contributed by atoms with van der Waals surface area (Å²) in [5, 5.41) is 6.18. The van der Waals surface area contributed by atoms with Crippen molar-refractivity contribution in [3.8, 4) is 0 Å². The molecule has 30 heavy (non-hydrogen) atoms. The van der Waals surface area contributed by atoms with Crippen molar-refractivity contribution in [2.24, 2.45) is 5.92 Å². The molecule has 0 bridgehead atoms. The lowest BCUT2D eigenvalue weighted by atomic mass is 10.1. The molecule has 2 amide bonds. The molecule has 156 valence electrons. The fraction of sp³-hybridized carbons (Fsp3) is 0.273. The zero-order valence-electron chi connectivity index (χ0n) is 16.8. The number of benzene rings is 2. The van der Waals surface area contributed by atoms with E-state index in [1.807, 2.05) is 32.0 Å². The SMILES string of the molecule is CC(C)C(=O)Nc1ccc(CNC(=O)CCn2cnc3ccc(Br)cc3c2=O)cc1. The average molecular weight is 471 g/mol. The summed E-state index contributed by atoms with van der Waals surface area (Å²) < 4.78 is 2.25. The minimum absolute atomic E-state index is 0.0400. The first-order valence-electron chi connectivity index (χ1n) is 9.64. The first-order chi connectivity index (χ1) is 14.3. The van der Waals surface area contributed by atoms with Gasteiger partial charge in [-0.1, -0.05) is 41.9 Å². The van der Waals surface area contributed by atoms with Gasteiger partial charge in [-0.05, 0) is 35.9 Å². The zero-order valence-corrected chi connectivity index (χ0v) is 18.4. The van der Waals surface area contributed by atoms with Crippen molar-refractivity contribution >= 4 is 44.3 Å². The minimum Gasteiger partial charge on any atom is -0.352 e. The van der Waals surface area contributed by atoms with Gasteiger partial charge in [0, 0.05) is 35.6 Å². The van der Waals surface area contributed by atoms with Gasteiger partial charge in [0.25, 0.3) is 5.56 Å². The van der Waals surface area contributed by atoms with Crippen molar-refractivity contribution < 1.29 is 9.59 Å². The number of rotatable bonds is 7. The fourth-order valence-electron chi connectivity index (χ4n) is 2.79. The highest BCUT2D eigenvalue weighted by Crippen LogP contribution is 2.15. The molecule has 2 aromatic carbocycles. The number of aryl methyl sites for hydroxylation is 1. The summed E-state index contributed by atoms with van der Waals surface area (Å²) in [6, 6.07) is 12.7. The second-order valence-electron chi connectivity index (χ2n) is 7.27. The molecule has 2 N–H and O–H groups in total. The van der Waals surface area contributed by atoms with Crippen LogP contribution in [0.25, 0.3) is 10.9 Å². The van der Waals surface area contributed by atoms with Gasteiger partial charge in [0.1, 0.15) is 0 Å². The Bertz CT molecular complexity index is 1120. The maximum atomic E-state index is 12.6. The van der Waals surface area contributed by atoms with E-state index in [1.54, 1.807) is 24.3 Å². The molecule has 0 aliphatic heterocycles. The van der Waals surface area contributed by atoms with Crippen LogP contribution in [0.2, 0.25) is 0 Å². The summed E-state index contributed by atoms with van der Waals surface area (Å²) in [7, 11) is 0. The molecule has 8 heteroatoms. The van der Waals surface area contributed by atoms with Gasteiger partial charge < -0.3 is 10.6 Å². The summed E-state index contributed by atoms with van der Waals surface area (Å²) in [6.45, 7) is 4.29. The molecule has 0 unspecified atom stereocenters. The van der Waals surface area contributed by atoms with Gasteiger partial charge in [0.15, 0.2) is 0 Å². The van der Waals surface area contributed by atoms with E-state index in [2.05, 4.69) is 31.5 Å². The van der Waals surface area contributed by atoms with Crippen molar-refractivity contribution in [3.05, 3.63) is 69.2 Å². The molecule has 0 aliphatic carbocycles. The van der Waals surface area contributed by atoms with Gasteiger partial charge >= 0.3 is 0 Å². The van der Waals surface area contributed by atoms with Crippen LogP contribution in [-0.4, -0.2) is 21.4 Å². The number of carbonyl (C=O) groups excluding carboxylic acids is 2. The van der Waals surface area contributed by atoms with Crippen LogP contribution in [0, 0.1) is 5.92 Å². The second kappa shape index (κ2) is 9.67. The van der Waals surface area contributed by atoms with E-state index in [1.165, 1.54) is 10.9 Å². The molecule has 3 aromatic rings. The Morgan fingerprint density at radius 3 is 2.57 bits per heavy atom. The molecule has 0 spiro atoms. The van der Waals surface area contributed by atoms with Crippen LogP contribution < -0.4 is 16.2 Å². The molecule has 0 radical (unpaired) electrons. The van der Waals surface area contributed by atoms with Gasteiger partial charge in [0.05, 0.1) is 17.2 Å². The quantitative estimate of drug-likeness (QED) is 0.552. The molecule has 3 rings (SSSR count). The zero-order chi connectivity index (χ0) is 21.7. The molecule has 0 saturated heterocycles. The maximum Gasteiger partial charge on any atom is 0.261 e. The number of amides is 2. The Balaban J connectivity index is 1.53. The normalized spacial score (nSPS) is 10.9. The van der Waals surface area contributed by atoms with Crippen molar-refractivity contribution in [1.82, 2.24) is 14.9 Å². The third-order valence-electron chi connectivity index (χ3n) is 4.60. The van der Waals surface area contributed by atoms with E-state index in [0.717, 1.165) is 15.7 Å². The topological polar surface area (TPSA) is 93.1 Å². The van der Waals surface area contributed by atoms with Crippen molar-refractivity contribution in [3.63, 3.8) is 0 Å². The van der Waals surface area contributed by atoms with E-state index in [9.17, 15) is 14.4 Å². The largest absolute Gasteiger partial charge is 0.352 e. The van der Waals surface area contributed by atoms with Crippen LogP contribution in [0.4, 0.5) is 5.69 Å². The van der Waals surface area contributed by atoms with Gasteiger partial charge in [-0.25, -0.2) is 4.98 Å². The third-order valence-corrected chi connectivity index (χ3v) is 5.09. The number of nitrogens with zero attached hydrogens (tertiary/aromatic N) is 2. The van der Waals surface area contributed by atoms with Crippen LogP contribution >= 0.6 is 15.9 Å². The molecule has 7 nitrogen and oxygen atoms in total. The van der Waals surface area contributed by atoms with Crippen molar-refractivity contribution in [2.75, 3.05) is 5.32 Å². The number of aromatic nitrogens is 2. The molecule has 0 saturated carbocycles. The standard InChI is InChI=1S/C22H23BrN4O3/c1-14(2)21(29)26-17-6-3-15(4-7-17)12-24-20(28)9-10-27-13-25-19-8-5-16(23)11-18(19)22(27)30/h3-8,11,13-14H,9-10,12H2,1-2H3,(H,24,28)(H,26,29). The fourth-order valence-corrected chi connectivity index (χ4v) is 3.16. The van der Waals surface area contributed by atoms with Crippen molar-refractivity contribution in [1.29, 1.82) is 0 Å². The summed E-state index contributed by atoms with van der Waals surface area (Å²) in [6.07, 6.45) is 1.64. The molecule has 0 aliphatic rings.